The summed E-state index contributed by atoms with van der Waals surface area (Å²) in [6.45, 7) is 3.88. The molecule has 4 heteroatoms. The van der Waals surface area contributed by atoms with Gasteiger partial charge in [0.15, 0.2) is 0 Å². The molecule has 0 atom stereocenters. The van der Waals surface area contributed by atoms with Gasteiger partial charge in [0.2, 0.25) is 0 Å². The van der Waals surface area contributed by atoms with Gasteiger partial charge >= 0.3 is 93.8 Å². The van der Waals surface area contributed by atoms with Crippen molar-refractivity contribution in [2.24, 2.45) is 0 Å². The van der Waals surface area contributed by atoms with Crippen LogP contribution in [0.1, 0.15) is 13.8 Å². The van der Waals surface area contributed by atoms with Crippen molar-refractivity contribution < 1.29 is 93.8 Å². The predicted molar refractivity (Wildman–Crippen MR) is 122 cm³/mol. The van der Waals surface area contributed by atoms with Crippen LogP contribution < -0.4 is 0 Å². The summed E-state index contributed by atoms with van der Waals surface area (Å²) in [5.74, 6) is 1.67. The Morgan fingerprint density at radius 2 is 0.357 bits per heavy atom. The van der Waals surface area contributed by atoms with Crippen molar-refractivity contribution in [3.05, 3.63) is 128 Å². The Morgan fingerprint density at radius 3 is 0.393 bits per heavy atom. The van der Waals surface area contributed by atoms with Gasteiger partial charge < -0.3 is 25.3 Å². The van der Waals surface area contributed by atoms with E-state index in [9.17, 15) is 0 Å². The summed E-state index contributed by atoms with van der Waals surface area (Å²) >= 11 is 8.79. The molecule has 0 spiro atoms. The zero-order valence-electron chi connectivity index (χ0n) is 16.3. The third-order valence-electron chi connectivity index (χ3n) is 2.22. The minimum atomic E-state index is 0. The monoisotopic (exact) mass is 730 g/mol. The first kappa shape index (κ1) is 39.0. The summed E-state index contributed by atoms with van der Waals surface area (Å²) in [5.41, 5.74) is 0. The van der Waals surface area contributed by atoms with E-state index in [1.165, 1.54) is 0 Å². The van der Waals surface area contributed by atoms with Crippen molar-refractivity contribution >= 4 is 25.3 Å². The van der Waals surface area contributed by atoms with Crippen LogP contribution in [-0.2, 0) is 25.3 Å². The Hall–Kier alpha value is 3.74. The molecule has 0 bridgehead atoms. The molecule has 0 aromatic rings. The fourth-order valence-electron chi connectivity index (χ4n) is 1.28. The van der Waals surface area contributed by atoms with Crippen molar-refractivity contribution in [3.8, 4) is 0 Å². The Morgan fingerprint density at radius 1 is 0.321 bits per heavy atom. The molecule has 0 unspecified atom stereocenters. The van der Waals surface area contributed by atoms with E-state index in [-0.39, 0.29) is 93.8 Å². The van der Waals surface area contributed by atoms with E-state index in [0.717, 1.165) is 11.5 Å². The first-order valence-corrected chi connectivity index (χ1v) is 9.81. The minimum absolute atomic E-state index is 0. The number of hydrogen-bond donors (Lipinski definition) is 0. The van der Waals surface area contributed by atoms with Crippen molar-refractivity contribution in [2.75, 3.05) is 11.5 Å². The van der Waals surface area contributed by atoms with Gasteiger partial charge in [0.05, 0.1) is 0 Å². The average molecular weight is 729 g/mol. The second-order valence-corrected chi connectivity index (χ2v) is 5.58. The van der Waals surface area contributed by atoms with Crippen molar-refractivity contribution in [2.45, 2.75) is 13.8 Å². The molecule has 0 N–H and O–H groups in total. The molecule has 28 heavy (non-hydrogen) atoms. The third-order valence-corrected chi connectivity index (χ3v) is 2.22. The Labute approximate surface area is 268 Å². The molecular weight excluding hydrogens is 698 g/mol. The van der Waals surface area contributed by atoms with Gasteiger partial charge in [-0.2, -0.15) is 11.5 Å². The average Bonchev–Trinajstić information content (AvgIpc) is 3.53. The van der Waals surface area contributed by atoms with E-state index < -0.39 is 0 Å². The van der Waals surface area contributed by atoms with Crippen LogP contribution in [0.3, 0.4) is 0 Å². The van der Waals surface area contributed by atoms with E-state index >= 15 is 0 Å². The van der Waals surface area contributed by atoms with Crippen LogP contribution >= 0.6 is 0 Å². The summed E-state index contributed by atoms with van der Waals surface area (Å²) < 4.78 is 0. The molecule has 4 saturated carbocycles. The zero-order valence-corrected chi connectivity index (χ0v) is 21.4. The Kier molecular flexibility index (Phi) is 57.1. The van der Waals surface area contributed by atoms with Crippen LogP contribution in [0.25, 0.3) is 0 Å². The van der Waals surface area contributed by atoms with Gasteiger partial charge in [0.1, 0.15) is 0 Å². The molecule has 4 aliphatic rings. The maximum atomic E-state index is 4.39. The molecule has 0 aromatic heterocycles. The van der Waals surface area contributed by atoms with Crippen LogP contribution in [0, 0.1) is 222 Å². The topological polar surface area (TPSA) is 0 Å². The van der Waals surface area contributed by atoms with Crippen LogP contribution in [0.15, 0.2) is 0 Å². The van der Waals surface area contributed by atoms with Crippen LogP contribution in [0.5, 0.6) is 0 Å². The first-order chi connectivity index (χ1) is 12.8. The molecule has 0 amide bonds. The molecule has 22 radical (unpaired) electrons. The fourth-order valence-corrected chi connectivity index (χ4v) is 1.28. The molecule has 0 aromatic carbocycles. The Balaban J connectivity index is -0.000000124. The fraction of sp³-hybridized carbons (Fsp3) is 0.167. The molecule has 0 nitrogen and oxygen atoms in total. The van der Waals surface area contributed by atoms with E-state index in [4.69, 9.17) is 0 Å². The quantitative estimate of drug-likeness (QED) is 0.316. The second-order valence-electron chi connectivity index (χ2n) is 4.43. The smallest absolute Gasteiger partial charge is 0.793 e. The maximum Gasteiger partial charge on any atom is 3.00 e. The maximum absolute atomic E-state index is 4.39. The Bertz CT molecular complexity index is 128. The number of hydrogen-bond acceptors (Lipinski definition) is 2. The van der Waals surface area contributed by atoms with Gasteiger partial charge in [0, 0.05) is 0 Å². The molecule has 4 fully saturated rings. The van der Waals surface area contributed by atoms with E-state index in [0.29, 0.717) is 0 Å². The van der Waals surface area contributed by atoms with E-state index in [1.807, 2.05) is 142 Å². The first-order valence-electron chi connectivity index (χ1n) is 8.66. The zero-order chi connectivity index (χ0) is 19.6. The van der Waals surface area contributed by atoms with E-state index in [2.05, 4.69) is 25.3 Å². The van der Waals surface area contributed by atoms with Crippen molar-refractivity contribution in [1.82, 2.24) is 0 Å². The summed E-state index contributed by atoms with van der Waals surface area (Å²) in [6, 6.07) is 0. The van der Waals surface area contributed by atoms with Gasteiger partial charge in [-0.3, -0.25) is 0 Å². The van der Waals surface area contributed by atoms with Crippen molar-refractivity contribution in [1.29, 1.82) is 0 Å². The van der Waals surface area contributed by atoms with Crippen LogP contribution in [0.4, 0.5) is 0 Å². The van der Waals surface area contributed by atoms with Gasteiger partial charge in [0.25, 0.3) is 0 Å². The second kappa shape index (κ2) is 41.0. The van der Waals surface area contributed by atoms with Gasteiger partial charge in [-0.15, -0.1) is 0 Å². The number of rotatable bonds is 0. The molecular formula is C24H30S2Yb2+4. The van der Waals surface area contributed by atoms with Gasteiger partial charge in [-0.05, 0) is 128 Å². The largest absolute Gasteiger partial charge is 3.00 e. The summed E-state index contributed by atoms with van der Waals surface area (Å²) in [5, 5.41) is 0. The van der Waals surface area contributed by atoms with Crippen LogP contribution in [0.2, 0.25) is 0 Å². The van der Waals surface area contributed by atoms with Crippen molar-refractivity contribution in [3.63, 3.8) is 0 Å². The standard InChI is InChI=1S/4C5H5.2C2H6S.2Yb/c4*1-2-4-5-3-1;2*1-2-3;;/h4*1-5H;2*3H,2H2,1H3;;/q;;;;;;2*+3/p-2. The van der Waals surface area contributed by atoms with Crippen LogP contribution in [-0.4, -0.2) is 11.5 Å². The molecule has 0 aliphatic heterocycles. The minimum Gasteiger partial charge on any atom is -0.793 e. The molecule has 4 aliphatic carbocycles. The normalized spacial score (nSPS) is 18.4. The molecule has 162 valence electrons. The molecule has 4 rings (SSSR count). The molecule has 0 saturated heterocycles. The third kappa shape index (κ3) is 43.6. The summed E-state index contributed by atoms with van der Waals surface area (Å²) in [7, 11) is 0. The predicted octanol–water partition coefficient (Wildman–Crippen LogP) is 5.19. The molecule has 0 heterocycles. The summed E-state index contributed by atoms with van der Waals surface area (Å²) in [6.07, 6.45) is 40.0. The van der Waals surface area contributed by atoms with E-state index in [1.54, 1.807) is 0 Å². The summed E-state index contributed by atoms with van der Waals surface area (Å²) in [4.78, 5) is 0. The van der Waals surface area contributed by atoms with Gasteiger partial charge in [-0.25, -0.2) is 0 Å². The van der Waals surface area contributed by atoms with Gasteiger partial charge in [-0.1, -0.05) is 13.8 Å². The SMILES string of the molecule is CC[S-].CC[S-].[CH]1[CH][CH][CH][CH]1.[CH]1[CH][CH][CH][CH]1.[CH]1[CH][CH][CH][CH]1.[CH]1[CH][CH][CH][CH]1.[Yb+3].[Yb+3].